The van der Waals surface area contributed by atoms with E-state index in [1.54, 1.807) is 0 Å². The van der Waals surface area contributed by atoms with Crippen LogP contribution in [0.3, 0.4) is 0 Å². The predicted octanol–water partition coefficient (Wildman–Crippen LogP) is 2.56. The van der Waals surface area contributed by atoms with Gasteiger partial charge in [-0.15, -0.1) is 0 Å². The molecule has 1 atom stereocenters. The van der Waals surface area contributed by atoms with Crippen LogP contribution in [0.25, 0.3) is 0 Å². The highest BCUT2D eigenvalue weighted by Crippen LogP contribution is 2.29. The van der Waals surface area contributed by atoms with Crippen molar-refractivity contribution in [1.82, 2.24) is 0 Å². The summed E-state index contributed by atoms with van der Waals surface area (Å²) in [5.74, 6) is 0. The highest BCUT2D eigenvalue weighted by molar-refractivity contribution is 7.72. The zero-order chi connectivity index (χ0) is 11.4. The van der Waals surface area contributed by atoms with Crippen LogP contribution in [0.2, 0.25) is 0 Å². The van der Waals surface area contributed by atoms with Gasteiger partial charge < -0.3 is 0 Å². The Kier molecular flexibility index (Phi) is 3.48. The summed E-state index contributed by atoms with van der Waals surface area (Å²) in [5, 5.41) is 2.45. The first-order valence-electron chi connectivity index (χ1n) is 5.16. The number of hydrogen-bond donors (Lipinski definition) is 0. The third-order valence-corrected chi connectivity index (χ3v) is 4.77. The standard InChI is InChI=1S/C14H13OP/c1-16(13-8-3-2-4-9-13)14-10-6-5-7-12(14)11-15/h2-11H,1H3. The van der Waals surface area contributed by atoms with Gasteiger partial charge in [-0.1, -0.05) is 54.6 Å². The monoisotopic (exact) mass is 228 g/mol. The molecule has 0 fully saturated rings. The molecule has 0 aliphatic carbocycles. The van der Waals surface area contributed by atoms with E-state index < -0.39 is 7.92 Å². The molecule has 1 unspecified atom stereocenters. The molecule has 0 spiro atoms. The van der Waals surface area contributed by atoms with E-state index in [9.17, 15) is 4.79 Å². The van der Waals surface area contributed by atoms with Crippen molar-refractivity contribution >= 4 is 24.8 Å². The minimum atomic E-state index is -0.429. The number of aldehydes is 1. The summed E-state index contributed by atoms with van der Waals surface area (Å²) in [6, 6.07) is 18.1. The molecule has 0 bridgehead atoms. The van der Waals surface area contributed by atoms with Crippen molar-refractivity contribution in [2.75, 3.05) is 6.66 Å². The summed E-state index contributed by atoms with van der Waals surface area (Å²) in [4.78, 5) is 11.0. The van der Waals surface area contributed by atoms with E-state index in [-0.39, 0.29) is 0 Å². The summed E-state index contributed by atoms with van der Waals surface area (Å²) in [6.45, 7) is 2.19. The summed E-state index contributed by atoms with van der Waals surface area (Å²) < 4.78 is 0. The molecular formula is C14H13OP. The zero-order valence-corrected chi connectivity index (χ0v) is 10.0. The van der Waals surface area contributed by atoms with E-state index in [4.69, 9.17) is 0 Å². The molecule has 2 heteroatoms. The topological polar surface area (TPSA) is 17.1 Å². The summed E-state index contributed by atoms with van der Waals surface area (Å²) in [7, 11) is -0.429. The fraction of sp³-hybridized carbons (Fsp3) is 0.0714. The Morgan fingerprint density at radius 3 is 2.25 bits per heavy atom. The van der Waals surface area contributed by atoms with Crippen molar-refractivity contribution in [3.8, 4) is 0 Å². The Morgan fingerprint density at radius 2 is 1.56 bits per heavy atom. The van der Waals surface area contributed by atoms with Crippen molar-refractivity contribution in [3.63, 3.8) is 0 Å². The Labute approximate surface area is 96.9 Å². The SMILES string of the molecule is CP(c1ccccc1)c1ccccc1C=O. The smallest absolute Gasteiger partial charge is 0.150 e. The minimum absolute atomic E-state index is 0.429. The summed E-state index contributed by atoms with van der Waals surface area (Å²) in [5.41, 5.74) is 0.806. The number of benzene rings is 2. The second-order valence-electron chi connectivity index (χ2n) is 3.57. The van der Waals surface area contributed by atoms with Crippen molar-refractivity contribution in [2.24, 2.45) is 0 Å². The van der Waals surface area contributed by atoms with E-state index in [0.29, 0.717) is 0 Å². The molecule has 1 nitrogen and oxygen atoms in total. The maximum atomic E-state index is 11.0. The van der Waals surface area contributed by atoms with Gasteiger partial charge in [0.25, 0.3) is 0 Å². The largest absolute Gasteiger partial charge is 0.298 e. The van der Waals surface area contributed by atoms with Gasteiger partial charge in [-0.3, -0.25) is 4.79 Å². The third kappa shape index (κ3) is 2.20. The lowest BCUT2D eigenvalue weighted by atomic mass is 10.2. The first-order valence-corrected chi connectivity index (χ1v) is 6.95. The van der Waals surface area contributed by atoms with Crippen LogP contribution < -0.4 is 10.6 Å². The van der Waals surface area contributed by atoms with E-state index in [2.05, 4.69) is 18.8 Å². The Morgan fingerprint density at radius 1 is 0.938 bits per heavy atom. The number of rotatable bonds is 3. The molecule has 2 rings (SSSR count). The molecule has 2 aromatic carbocycles. The Hall–Kier alpha value is -1.46. The van der Waals surface area contributed by atoms with Crippen LogP contribution in [0.15, 0.2) is 54.6 Å². The second-order valence-corrected chi connectivity index (χ2v) is 5.69. The predicted molar refractivity (Wildman–Crippen MR) is 70.4 cm³/mol. The normalized spacial score (nSPS) is 12.1. The number of carbonyl (C=O) groups excluding carboxylic acids is 1. The molecule has 0 N–H and O–H groups in total. The van der Waals surface area contributed by atoms with E-state index in [1.807, 2.05) is 42.5 Å². The molecule has 0 aliphatic rings. The molecule has 0 saturated carbocycles. The molecule has 0 amide bonds. The van der Waals surface area contributed by atoms with E-state index >= 15 is 0 Å². The van der Waals surface area contributed by atoms with Crippen LogP contribution >= 0.6 is 7.92 Å². The van der Waals surface area contributed by atoms with Crippen molar-refractivity contribution in [3.05, 3.63) is 60.2 Å². The zero-order valence-electron chi connectivity index (χ0n) is 9.13. The lowest BCUT2D eigenvalue weighted by molar-refractivity contribution is 0.112. The molecule has 0 heterocycles. The van der Waals surface area contributed by atoms with E-state index in [1.165, 1.54) is 5.30 Å². The highest BCUT2D eigenvalue weighted by Gasteiger charge is 2.10. The Balaban J connectivity index is 2.41. The van der Waals surface area contributed by atoms with Gasteiger partial charge in [0.15, 0.2) is 6.29 Å². The maximum Gasteiger partial charge on any atom is 0.150 e. The highest BCUT2D eigenvalue weighted by atomic mass is 31.1. The summed E-state index contributed by atoms with van der Waals surface area (Å²) >= 11 is 0. The van der Waals surface area contributed by atoms with Crippen molar-refractivity contribution < 1.29 is 4.79 Å². The lowest BCUT2D eigenvalue weighted by Gasteiger charge is -2.14. The van der Waals surface area contributed by atoms with Crippen molar-refractivity contribution in [2.45, 2.75) is 0 Å². The number of carbonyl (C=O) groups is 1. The van der Waals surface area contributed by atoms with Crippen molar-refractivity contribution in [1.29, 1.82) is 0 Å². The molecule has 0 radical (unpaired) electrons. The molecule has 0 aliphatic heterocycles. The molecule has 16 heavy (non-hydrogen) atoms. The van der Waals surface area contributed by atoms with Gasteiger partial charge in [0, 0.05) is 5.56 Å². The van der Waals surface area contributed by atoms with Gasteiger partial charge >= 0.3 is 0 Å². The van der Waals surface area contributed by atoms with Gasteiger partial charge in [0.2, 0.25) is 0 Å². The fourth-order valence-corrected chi connectivity index (χ4v) is 3.41. The third-order valence-electron chi connectivity index (χ3n) is 2.57. The van der Waals surface area contributed by atoms with E-state index in [0.717, 1.165) is 17.2 Å². The van der Waals surface area contributed by atoms with Gasteiger partial charge in [-0.25, -0.2) is 0 Å². The van der Waals surface area contributed by atoms with Crippen LogP contribution in [0, 0.1) is 0 Å². The first-order chi connectivity index (χ1) is 7.83. The van der Waals surface area contributed by atoms with Crippen LogP contribution in [0.5, 0.6) is 0 Å². The molecular weight excluding hydrogens is 215 g/mol. The second kappa shape index (κ2) is 5.05. The fourth-order valence-electron chi connectivity index (χ4n) is 1.68. The molecule has 0 saturated heterocycles. The molecule has 2 aromatic rings. The van der Waals surface area contributed by atoms with Gasteiger partial charge in [-0.2, -0.15) is 0 Å². The van der Waals surface area contributed by atoms with Crippen LogP contribution in [-0.4, -0.2) is 13.0 Å². The maximum absolute atomic E-state index is 11.0. The summed E-state index contributed by atoms with van der Waals surface area (Å²) in [6.07, 6.45) is 0.942. The average molecular weight is 228 g/mol. The van der Waals surface area contributed by atoms with Gasteiger partial charge in [-0.05, 0) is 25.2 Å². The molecule has 80 valence electrons. The van der Waals surface area contributed by atoms with Gasteiger partial charge in [0.05, 0.1) is 0 Å². The quantitative estimate of drug-likeness (QED) is 0.583. The van der Waals surface area contributed by atoms with Crippen LogP contribution in [0.4, 0.5) is 0 Å². The first kappa shape index (κ1) is 11.0. The molecule has 0 aromatic heterocycles. The Bertz CT molecular complexity index is 479. The van der Waals surface area contributed by atoms with Gasteiger partial charge in [0.1, 0.15) is 0 Å². The van der Waals surface area contributed by atoms with Crippen LogP contribution in [0.1, 0.15) is 10.4 Å². The van der Waals surface area contributed by atoms with Crippen LogP contribution in [-0.2, 0) is 0 Å². The number of hydrogen-bond acceptors (Lipinski definition) is 1. The lowest BCUT2D eigenvalue weighted by Crippen LogP contribution is -2.14. The minimum Gasteiger partial charge on any atom is -0.298 e. The average Bonchev–Trinajstić information content (AvgIpc) is 2.39.